The molecule has 0 spiro atoms. The zero-order valence-corrected chi connectivity index (χ0v) is 8.58. The van der Waals surface area contributed by atoms with E-state index in [-0.39, 0.29) is 6.04 Å². The van der Waals surface area contributed by atoms with E-state index in [2.05, 4.69) is 20.8 Å². The van der Waals surface area contributed by atoms with Gasteiger partial charge in [-0.05, 0) is 33.2 Å². The van der Waals surface area contributed by atoms with Crippen LogP contribution in [0.25, 0.3) is 0 Å². The lowest BCUT2D eigenvalue weighted by Gasteiger charge is -2.24. The molecule has 0 aromatic carbocycles. The molecule has 5 nitrogen and oxygen atoms in total. The van der Waals surface area contributed by atoms with Crippen LogP contribution in [0, 0.1) is 0 Å². The normalized spacial score (nSPS) is 19.0. The first-order valence-corrected chi connectivity index (χ1v) is 5.07. The summed E-state index contributed by atoms with van der Waals surface area (Å²) >= 11 is 0. The van der Waals surface area contributed by atoms with E-state index in [4.69, 9.17) is 4.42 Å². The van der Waals surface area contributed by atoms with E-state index in [9.17, 15) is 0 Å². The van der Waals surface area contributed by atoms with Crippen LogP contribution in [0.5, 0.6) is 0 Å². The standard InChI is InChI=1S/C9H16N4O/c1-6(10-2)8-12-13-9(14-8)11-7-4-3-5-7/h6-7,10H,3-5H2,1-2H3,(H,11,13). The van der Waals surface area contributed by atoms with Gasteiger partial charge in [-0.15, -0.1) is 5.10 Å². The molecule has 2 N–H and O–H groups in total. The fraction of sp³-hybridized carbons (Fsp3) is 0.778. The summed E-state index contributed by atoms with van der Waals surface area (Å²) in [6.45, 7) is 1.99. The van der Waals surface area contributed by atoms with Crippen molar-refractivity contribution in [3.63, 3.8) is 0 Å². The smallest absolute Gasteiger partial charge is 0.315 e. The third-order valence-corrected chi connectivity index (χ3v) is 2.68. The molecule has 1 fully saturated rings. The van der Waals surface area contributed by atoms with Gasteiger partial charge in [0.25, 0.3) is 0 Å². The van der Waals surface area contributed by atoms with Gasteiger partial charge in [0.05, 0.1) is 6.04 Å². The number of hydrogen-bond acceptors (Lipinski definition) is 5. The van der Waals surface area contributed by atoms with Crippen molar-refractivity contribution < 1.29 is 4.42 Å². The SMILES string of the molecule is CNC(C)c1nnc(NC2CCC2)o1. The third kappa shape index (κ3) is 1.87. The molecule has 1 saturated carbocycles. The minimum Gasteiger partial charge on any atom is -0.406 e. The van der Waals surface area contributed by atoms with Crippen molar-refractivity contribution in [3.05, 3.63) is 5.89 Å². The maximum Gasteiger partial charge on any atom is 0.315 e. The Bertz CT molecular complexity index is 295. The van der Waals surface area contributed by atoms with Crippen LogP contribution in [0.1, 0.15) is 38.1 Å². The van der Waals surface area contributed by atoms with E-state index >= 15 is 0 Å². The van der Waals surface area contributed by atoms with Crippen LogP contribution in [-0.4, -0.2) is 23.3 Å². The number of aromatic nitrogens is 2. The highest BCUT2D eigenvalue weighted by Crippen LogP contribution is 2.23. The molecule has 0 amide bonds. The zero-order valence-electron chi connectivity index (χ0n) is 8.58. The second kappa shape index (κ2) is 3.96. The van der Waals surface area contributed by atoms with E-state index in [0.717, 1.165) is 0 Å². The molecule has 14 heavy (non-hydrogen) atoms. The van der Waals surface area contributed by atoms with E-state index in [1.807, 2.05) is 14.0 Å². The van der Waals surface area contributed by atoms with Gasteiger partial charge in [-0.3, -0.25) is 0 Å². The molecule has 2 rings (SSSR count). The van der Waals surface area contributed by atoms with E-state index < -0.39 is 0 Å². The molecule has 0 aliphatic heterocycles. The van der Waals surface area contributed by atoms with Crippen molar-refractivity contribution in [1.29, 1.82) is 0 Å². The van der Waals surface area contributed by atoms with Gasteiger partial charge in [0.15, 0.2) is 0 Å². The average Bonchev–Trinajstić information content (AvgIpc) is 2.58. The van der Waals surface area contributed by atoms with Gasteiger partial charge in [-0.1, -0.05) is 5.10 Å². The Kier molecular flexibility index (Phi) is 2.67. The Labute approximate surface area is 83.3 Å². The topological polar surface area (TPSA) is 63.0 Å². The highest BCUT2D eigenvalue weighted by molar-refractivity contribution is 5.21. The molecule has 1 atom stereocenters. The summed E-state index contributed by atoms with van der Waals surface area (Å²) in [5.74, 6) is 0.634. The average molecular weight is 196 g/mol. The molecular formula is C9H16N4O. The number of nitrogens with zero attached hydrogens (tertiary/aromatic N) is 2. The fourth-order valence-corrected chi connectivity index (χ4v) is 1.32. The molecule has 0 radical (unpaired) electrons. The van der Waals surface area contributed by atoms with E-state index in [1.165, 1.54) is 19.3 Å². The van der Waals surface area contributed by atoms with Crippen LogP contribution in [0.15, 0.2) is 4.42 Å². The molecule has 5 heteroatoms. The number of hydrogen-bond donors (Lipinski definition) is 2. The van der Waals surface area contributed by atoms with Crippen LogP contribution < -0.4 is 10.6 Å². The quantitative estimate of drug-likeness (QED) is 0.760. The predicted molar refractivity (Wildman–Crippen MR) is 53.0 cm³/mol. The monoisotopic (exact) mass is 196 g/mol. The zero-order chi connectivity index (χ0) is 9.97. The molecule has 78 valence electrons. The molecule has 0 bridgehead atoms. The Morgan fingerprint density at radius 2 is 2.21 bits per heavy atom. The van der Waals surface area contributed by atoms with E-state index in [1.54, 1.807) is 0 Å². The predicted octanol–water partition coefficient (Wildman–Crippen LogP) is 1.31. The van der Waals surface area contributed by atoms with Gasteiger partial charge in [-0.2, -0.15) is 0 Å². The van der Waals surface area contributed by atoms with Crippen molar-refractivity contribution in [1.82, 2.24) is 15.5 Å². The molecule has 1 aliphatic rings. The summed E-state index contributed by atoms with van der Waals surface area (Å²) in [7, 11) is 1.87. The van der Waals surface area contributed by atoms with Crippen LogP contribution in [0.2, 0.25) is 0 Å². The Hall–Kier alpha value is -1.10. The highest BCUT2D eigenvalue weighted by atomic mass is 16.4. The summed E-state index contributed by atoms with van der Waals surface area (Å²) in [6, 6.07) is 1.19. The molecule has 1 aromatic heterocycles. The van der Waals surface area contributed by atoms with Crippen LogP contribution >= 0.6 is 0 Å². The van der Waals surface area contributed by atoms with Crippen molar-refractivity contribution in [3.8, 4) is 0 Å². The molecule has 0 saturated heterocycles. The lowest BCUT2D eigenvalue weighted by Crippen LogP contribution is -2.27. The van der Waals surface area contributed by atoms with Gasteiger partial charge < -0.3 is 15.1 Å². The molecule has 1 aliphatic carbocycles. The summed E-state index contributed by atoms with van der Waals surface area (Å²) < 4.78 is 5.45. The lowest BCUT2D eigenvalue weighted by molar-refractivity contribution is 0.408. The van der Waals surface area contributed by atoms with Gasteiger partial charge in [0.2, 0.25) is 5.89 Å². The Morgan fingerprint density at radius 1 is 1.43 bits per heavy atom. The largest absolute Gasteiger partial charge is 0.406 e. The first-order valence-electron chi connectivity index (χ1n) is 5.07. The van der Waals surface area contributed by atoms with E-state index in [0.29, 0.717) is 17.9 Å². The highest BCUT2D eigenvalue weighted by Gasteiger charge is 2.20. The minimum atomic E-state index is 0.111. The number of rotatable bonds is 4. The summed E-state index contributed by atoms with van der Waals surface area (Å²) in [5.41, 5.74) is 0. The first-order chi connectivity index (χ1) is 6.79. The van der Waals surface area contributed by atoms with Crippen molar-refractivity contribution in [2.24, 2.45) is 0 Å². The van der Waals surface area contributed by atoms with Gasteiger partial charge >= 0.3 is 6.01 Å². The second-order valence-electron chi connectivity index (χ2n) is 3.73. The molecule has 1 aromatic rings. The molecule has 1 heterocycles. The van der Waals surface area contributed by atoms with Crippen LogP contribution in [0.4, 0.5) is 6.01 Å². The van der Waals surface area contributed by atoms with Crippen molar-refractivity contribution in [2.45, 2.75) is 38.3 Å². The molecular weight excluding hydrogens is 180 g/mol. The van der Waals surface area contributed by atoms with Crippen LogP contribution in [0.3, 0.4) is 0 Å². The summed E-state index contributed by atoms with van der Waals surface area (Å²) in [4.78, 5) is 0. The minimum absolute atomic E-state index is 0.111. The Balaban J connectivity index is 1.94. The van der Waals surface area contributed by atoms with Crippen molar-refractivity contribution >= 4 is 6.01 Å². The first kappa shape index (κ1) is 9.45. The fourth-order valence-electron chi connectivity index (χ4n) is 1.32. The van der Waals surface area contributed by atoms with Gasteiger partial charge in [0.1, 0.15) is 0 Å². The number of anilines is 1. The maximum atomic E-state index is 5.45. The summed E-state index contributed by atoms with van der Waals surface area (Å²) in [6.07, 6.45) is 3.71. The number of nitrogens with one attached hydrogen (secondary N) is 2. The third-order valence-electron chi connectivity index (χ3n) is 2.68. The van der Waals surface area contributed by atoms with Gasteiger partial charge in [0, 0.05) is 6.04 Å². The van der Waals surface area contributed by atoms with Crippen molar-refractivity contribution in [2.75, 3.05) is 12.4 Å². The van der Waals surface area contributed by atoms with Gasteiger partial charge in [-0.25, -0.2) is 0 Å². The maximum absolute atomic E-state index is 5.45. The molecule has 1 unspecified atom stereocenters. The lowest BCUT2D eigenvalue weighted by atomic mass is 9.93. The second-order valence-corrected chi connectivity index (χ2v) is 3.73. The van der Waals surface area contributed by atoms with Crippen LogP contribution in [-0.2, 0) is 0 Å². The Morgan fingerprint density at radius 3 is 2.79 bits per heavy atom. The summed E-state index contributed by atoms with van der Waals surface area (Å²) in [5, 5.41) is 14.2.